The lowest BCUT2D eigenvalue weighted by Crippen LogP contribution is -2.45. The van der Waals surface area contributed by atoms with Gasteiger partial charge in [-0.05, 0) is 25.7 Å². The van der Waals surface area contributed by atoms with Crippen molar-refractivity contribution in [2.24, 2.45) is 0 Å². The second kappa shape index (κ2) is 60.4. The third kappa shape index (κ3) is 56.2. The summed E-state index contributed by atoms with van der Waals surface area (Å²) < 4.78 is 5.49. The number of hydrogen-bond donors (Lipinski definition) is 3. The third-order valence-electron chi connectivity index (χ3n) is 15.4. The lowest BCUT2D eigenvalue weighted by Gasteiger charge is -2.22. The van der Waals surface area contributed by atoms with E-state index in [0.29, 0.717) is 25.9 Å². The maximum Gasteiger partial charge on any atom is 0.305 e. The van der Waals surface area contributed by atoms with Gasteiger partial charge >= 0.3 is 5.97 Å². The van der Waals surface area contributed by atoms with Gasteiger partial charge in [0.15, 0.2) is 0 Å². The molecule has 6 heteroatoms. The molecule has 0 heterocycles. The summed E-state index contributed by atoms with van der Waals surface area (Å²) in [5.41, 5.74) is 0. The average molecular weight is 991 g/mol. The second-order valence-corrected chi connectivity index (χ2v) is 22.5. The van der Waals surface area contributed by atoms with Gasteiger partial charge < -0.3 is 20.3 Å². The van der Waals surface area contributed by atoms with Crippen LogP contribution < -0.4 is 5.32 Å². The van der Waals surface area contributed by atoms with Crippen LogP contribution >= 0.6 is 0 Å². The van der Waals surface area contributed by atoms with E-state index in [-0.39, 0.29) is 18.5 Å². The maximum absolute atomic E-state index is 12.5. The fourth-order valence-electron chi connectivity index (χ4n) is 10.5. The maximum atomic E-state index is 12.5. The molecule has 418 valence electrons. The molecule has 0 fully saturated rings. The molecule has 0 spiro atoms. The lowest BCUT2D eigenvalue weighted by molar-refractivity contribution is -0.143. The molecule has 1 amide bonds. The molecule has 0 rings (SSSR count). The first-order chi connectivity index (χ1) is 34.5. The van der Waals surface area contributed by atoms with Gasteiger partial charge in [-0.3, -0.25) is 9.59 Å². The molecule has 70 heavy (non-hydrogen) atoms. The van der Waals surface area contributed by atoms with Crippen molar-refractivity contribution in [3.8, 4) is 0 Å². The van der Waals surface area contributed by atoms with E-state index in [1.807, 2.05) is 0 Å². The van der Waals surface area contributed by atoms with Crippen molar-refractivity contribution in [2.45, 2.75) is 386 Å². The van der Waals surface area contributed by atoms with Crippen molar-refractivity contribution < 1.29 is 24.5 Å². The smallest absolute Gasteiger partial charge is 0.305 e. The molecule has 0 aliphatic heterocycles. The number of hydrogen-bond acceptors (Lipinski definition) is 5. The molecule has 0 radical (unpaired) electrons. The largest absolute Gasteiger partial charge is 0.466 e. The van der Waals surface area contributed by atoms with E-state index < -0.39 is 12.1 Å². The number of carbonyl (C=O) groups excluding carboxylic acids is 2. The zero-order valence-electron chi connectivity index (χ0n) is 47.8. The highest BCUT2D eigenvalue weighted by Gasteiger charge is 2.20. The highest BCUT2D eigenvalue weighted by molar-refractivity contribution is 5.76. The predicted octanol–water partition coefficient (Wildman–Crippen LogP) is 20.3. The minimum atomic E-state index is -0.679. The molecule has 0 saturated carbocycles. The number of unbranched alkanes of at least 4 members (excludes halogenated alkanes) is 50. The van der Waals surface area contributed by atoms with Gasteiger partial charge in [0, 0.05) is 12.8 Å². The Bertz CT molecular complexity index is 1010. The Kier molecular flexibility index (Phi) is 59.4. The number of rotatable bonds is 61. The Morgan fingerprint density at radius 1 is 0.343 bits per heavy atom. The molecule has 0 aliphatic rings. The Morgan fingerprint density at radius 2 is 0.586 bits per heavy atom. The summed E-state index contributed by atoms with van der Waals surface area (Å²) in [6.07, 6.45) is 71.2. The van der Waals surface area contributed by atoms with Gasteiger partial charge in [-0.25, -0.2) is 0 Å². The molecule has 0 aliphatic carbocycles. The summed E-state index contributed by atoms with van der Waals surface area (Å²) in [7, 11) is 0. The zero-order chi connectivity index (χ0) is 50.7. The Balaban J connectivity index is 3.42. The molecule has 3 N–H and O–H groups in total. The van der Waals surface area contributed by atoms with Crippen molar-refractivity contribution in [2.75, 3.05) is 13.2 Å². The van der Waals surface area contributed by atoms with Crippen LogP contribution in [-0.2, 0) is 14.3 Å². The first-order valence-electron chi connectivity index (χ1n) is 32.3. The lowest BCUT2D eigenvalue weighted by atomic mass is 10.0. The summed E-state index contributed by atoms with van der Waals surface area (Å²) in [5, 5.41) is 23.4. The molecular weight excluding hydrogens is 863 g/mol. The summed E-state index contributed by atoms with van der Waals surface area (Å²) in [5.74, 6) is -0.0641. The Labute approximate surface area is 438 Å². The predicted molar refractivity (Wildman–Crippen MR) is 306 cm³/mol. The van der Waals surface area contributed by atoms with Crippen molar-refractivity contribution in [1.29, 1.82) is 0 Å². The summed E-state index contributed by atoms with van der Waals surface area (Å²) in [6, 6.07) is -0.558. The SMILES string of the molecule is CCCCCCCCCCCCCCCCCCCCCCCCCCCC(O)C(CO)NC(=O)CCCCCCCCCCCCOC(=O)CCCCCCCCCCCCCCCCCCCC. The van der Waals surface area contributed by atoms with E-state index in [2.05, 4.69) is 19.2 Å². The van der Waals surface area contributed by atoms with E-state index in [4.69, 9.17) is 4.74 Å². The number of aliphatic hydroxyl groups excluding tert-OH is 2. The summed E-state index contributed by atoms with van der Waals surface area (Å²) >= 11 is 0. The zero-order valence-corrected chi connectivity index (χ0v) is 47.8. The number of nitrogens with one attached hydrogen (secondary N) is 1. The number of aliphatic hydroxyl groups is 2. The van der Waals surface area contributed by atoms with Gasteiger partial charge in [-0.2, -0.15) is 0 Å². The van der Waals surface area contributed by atoms with E-state index in [1.54, 1.807) is 0 Å². The van der Waals surface area contributed by atoms with Crippen LogP contribution in [-0.4, -0.2) is 47.4 Å². The number of amides is 1. The van der Waals surface area contributed by atoms with Gasteiger partial charge in [-0.15, -0.1) is 0 Å². The topological polar surface area (TPSA) is 95.9 Å². The van der Waals surface area contributed by atoms with Crippen LogP contribution in [0.15, 0.2) is 0 Å². The molecule has 2 unspecified atom stereocenters. The van der Waals surface area contributed by atoms with Crippen molar-refractivity contribution in [3.63, 3.8) is 0 Å². The van der Waals surface area contributed by atoms with Crippen molar-refractivity contribution >= 4 is 11.9 Å². The van der Waals surface area contributed by atoms with Crippen LogP contribution in [0.5, 0.6) is 0 Å². The summed E-state index contributed by atoms with van der Waals surface area (Å²) in [4.78, 5) is 24.6. The molecule has 0 bridgehead atoms. The number of esters is 1. The van der Waals surface area contributed by atoms with E-state index >= 15 is 0 Å². The monoisotopic (exact) mass is 990 g/mol. The molecule has 2 atom stereocenters. The highest BCUT2D eigenvalue weighted by atomic mass is 16.5. The molecule has 0 saturated heterocycles. The van der Waals surface area contributed by atoms with Gasteiger partial charge in [0.05, 0.1) is 25.4 Å². The van der Waals surface area contributed by atoms with Crippen molar-refractivity contribution in [1.82, 2.24) is 5.32 Å². The van der Waals surface area contributed by atoms with E-state index in [0.717, 1.165) is 57.8 Å². The Hall–Kier alpha value is -1.14. The first kappa shape index (κ1) is 68.9. The Morgan fingerprint density at radius 3 is 0.871 bits per heavy atom. The fourth-order valence-corrected chi connectivity index (χ4v) is 10.5. The number of ether oxygens (including phenoxy) is 1. The molecule has 0 aromatic heterocycles. The van der Waals surface area contributed by atoms with Crippen LogP contribution in [0.3, 0.4) is 0 Å². The van der Waals surface area contributed by atoms with Gasteiger partial charge in [-0.1, -0.05) is 335 Å². The average Bonchev–Trinajstić information content (AvgIpc) is 3.36. The van der Waals surface area contributed by atoms with Crippen LogP contribution in [0.4, 0.5) is 0 Å². The van der Waals surface area contributed by atoms with Gasteiger partial charge in [0.2, 0.25) is 5.91 Å². The van der Waals surface area contributed by atoms with Gasteiger partial charge in [0.25, 0.3) is 0 Å². The van der Waals surface area contributed by atoms with Crippen LogP contribution in [0.25, 0.3) is 0 Å². The highest BCUT2D eigenvalue weighted by Crippen LogP contribution is 2.19. The van der Waals surface area contributed by atoms with E-state index in [9.17, 15) is 19.8 Å². The first-order valence-corrected chi connectivity index (χ1v) is 32.3. The minimum absolute atomic E-state index is 0.0124. The van der Waals surface area contributed by atoms with Crippen LogP contribution in [0.2, 0.25) is 0 Å². The summed E-state index contributed by atoms with van der Waals surface area (Å²) in [6.45, 7) is 4.95. The fraction of sp³-hybridized carbons (Fsp3) is 0.969. The molecule has 0 aromatic carbocycles. The third-order valence-corrected chi connectivity index (χ3v) is 15.4. The minimum Gasteiger partial charge on any atom is -0.466 e. The van der Waals surface area contributed by atoms with Crippen LogP contribution in [0.1, 0.15) is 373 Å². The molecular formula is C64H127NO5. The quantitative estimate of drug-likeness (QED) is 0.0417. The van der Waals surface area contributed by atoms with Crippen molar-refractivity contribution in [3.05, 3.63) is 0 Å². The number of carbonyl (C=O) groups is 2. The standard InChI is InChI=1S/C64H127NO5/c1-3-5-7-9-11-13-15-17-19-21-23-24-25-26-27-28-29-30-32-34-36-40-44-48-52-56-62(67)61(60-66)65-63(68)57-53-49-45-41-38-39-43-47-51-55-59-70-64(69)58-54-50-46-42-37-35-33-31-22-20-18-16-14-12-10-8-6-4-2/h61-62,66-67H,3-60H2,1-2H3,(H,65,68). The van der Waals surface area contributed by atoms with Crippen LogP contribution in [0, 0.1) is 0 Å². The molecule has 0 aromatic rings. The van der Waals surface area contributed by atoms with Gasteiger partial charge in [0.1, 0.15) is 0 Å². The molecule has 6 nitrogen and oxygen atoms in total. The normalized spacial score (nSPS) is 12.5. The second-order valence-electron chi connectivity index (χ2n) is 22.5. The van der Waals surface area contributed by atoms with E-state index in [1.165, 1.54) is 283 Å².